The molecule has 1 aliphatic heterocycles. The molecule has 0 aliphatic carbocycles. The van der Waals surface area contributed by atoms with Crippen molar-refractivity contribution in [3.05, 3.63) is 76.1 Å². The Balaban J connectivity index is 1.90. The lowest BCUT2D eigenvalue weighted by atomic mass is 10.0. The largest absolute Gasteiger partial charge is 0.470 e. The highest BCUT2D eigenvalue weighted by Gasteiger charge is 2.21. The molecule has 9 heteroatoms. The first-order chi connectivity index (χ1) is 16.4. The highest BCUT2D eigenvalue weighted by atomic mass is 32.2. The fourth-order valence-electron chi connectivity index (χ4n) is 3.80. The van der Waals surface area contributed by atoms with Crippen LogP contribution in [0.15, 0.2) is 64.4 Å². The molecular formula is C25H26N4O3S2. The smallest absolute Gasteiger partial charge is 0.264 e. The van der Waals surface area contributed by atoms with Crippen molar-refractivity contribution in [1.82, 2.24) is 4.57 Å². The van der Waals surface area contributed by atoms with E-state index in [-0.39, 0.29) is 11.8 Å². The average molecular weight is 495 g/mol. The number of nitrogens with zero attached hydrogens (tertiary/aromatic N) is 2. The van der Waals surface area contributed by atoms with Gasteiger partial charge in [-0.2, -0.15) is 0 Å². The van der Waals surface area contributed by atoms with Gasteiger partial charge in [-0.05, 0) is 61.0 Å². The van der Waals surface area contributed by atoms with E-state index in [1.807, 2.05) is 49.4 Å². The summed E-state index contributed by atoms with van der Waals surface area (Å²) >= 11 is 8.28. The molecule has 0 fully saturated rings. The molecule has 1 aliphatic rings. The summed E-state index contributed by atoms with van der Waals surface area (Å²) in [7, 11) is 1.68. The lowest BCUT2D eigenvalue weighted by molar-refractivity contribution is 0.115. The van der Waals surface area contributed by atoms with Gasteiger partial charge in [0.05, 0.1) is 5.69 Å². The van der Waals surface area contributed by atoms with Crippen LogP contribution in [0.25, 0.3) is 22.9 Å². The van der Waals surface area contributed by atoms with E-state index in [9.17, 15) is 4.79 Å². The van der Waals surface area contributed by atoms with E-state index in [1.165, 1.54) is 0 Å². The Morgan fingerprint density at radius 3 is 2.65 bits per heavy atom. The number of nitrogens with one attached hydrogen (secondary N) is 1. The number of nitrogens with two attached hydrogens (primary N) is 1. The summed E-state index contributed by atoms with van der Waals surface area (Å²) in [6.45, 7) is 2.46. The molecule has 1 aromatic heterocycles. The van der Waals surface area contributed by atoms with Crippen LogP contribution in [0, 0.1) is 0 Å². The molecule has 2 heterocycles. The molecule has 0 spiro atoms. The molecule has 1 unspecified atom stereocenters. The van der Waals surface area contributed by atoms with Crippen molar-refractivity contribution in [2.75, 3.05) is 24.7 Å². The minimum atomic E-state index is -0.546. The highest BCUT2D eigenvalue weighted by Crippen LogP contribution is 2.31. The fraction of sp³-hybridized carbons (Fsp3) is 0.200. The summed E-state index contributed by atoms with van der Waals surface area (Å²) in [5, 5.41) is 3.33. The van der Waals surface area contributed by atoms with Crippen molar-refractivity contribution in [2.24, 2.45) is 4.99 Å². The Morgan fingerprint density at radius 1 is 1.21 bits per heavy atom. The second kappa shape index (κ2) is 10.4. The molecule has 0 saturated carbocycles. The second-order valence-electron chi connectivity index (χ2n) is 7.55. The van der Waals surface area contributed by atoms with Gasteiger partial charge in [-0.1, -0.05) is 12.1 Å². The van der Waals surface area contributed by atoms with Crippen LogP contribution in [0.3, 0.4) is 0 Å². The van der Waals surface area contributed by atoms with Crippen molar-refractivity contribution in [2.45, 2.75) is 17.9 Å². The van der Waals surface area contributed by atoms with Crippen molar-refractivity contribution >= 4 is 49.1 Å². The molecule has 34 heavy (non-hydrogen) atoms. The van der Waals surface area contributed by atoms with Gasteiger partial charge in [-0.15, -0.1) is 25.3 Å². The van der Waals surface area contributed by atoms with E-state index >= 15 is 0 Å². The van der Waals surface area contributed by atoms with Crippen molar-refractivity contribution in [3.63, 3.8) is 0 Å². The topological polar surface area (TPSA) is 90.9 Å². The molecular weight excluding hydrogens is 468 g/mol. The lowest BCUT2D eigenvalue weighted by Crippen LogP contribution is -2.31. The Kier molecular flexibility index (Phi) is 7.35. The van der Waals surface area contributed by atoms with Crippen LogP contribution in [-0.2, 0) is 4.74 Å². The quantitative estimate of drug-likeness (QED) is 0.169. The van der Waals surface area contributed by atoms with Crippen LogP contribution in [0.4, 0.5) is 11.5 Å². The standard InChI is InChI=1S/C25H26N4O3S2/c1-3-31-22-11-5-16-13-20(15-4-10-21(26)17(12-15)14-27-2)24(30)29(23(16)28-22)18-6-8-19(9-7-18)32-25(33)34/h4-14,22,25,28,33-34H,3,26H2,1-2H3. The number of fused-ring (bicyclic) bond motifs is 1. The number of benzene rings is 2. The van der Waals surface area contributed by atoms with E-state index in [0.717, 1.165) is 16.7 Å². The molecule has 2 aromatic carbocycles. The van der Waals surface area contributed by atoms with Gasteiger partial charge in [-0.3, -0.25) is 14.4 Å². The van der Waals surface area contributed by atoms with Crippen molar-refractivity contribution < 1.29 is 9.47 Å². The van der Waals surface area contributed by atoms with Gasteiger partial charge in [-0.25, -0.2) is 0 Å². The van der Waals surface area contributed by atoms with Crippen LogP contribution in [0.5, 0.6) is 5.75 Å². The third-order valence-electron chi connectivity index (χ3n) is 5.31. The zero-order valence-corrected chi connectivity index (χ0v) is 20.6. The predicted octanol–water partition coefficient (Wildman–Crippen LogP) is 4.46. The number of aliphatic imine (C=N–C) groups is 1. The summed E-state index contributed by atoms with van der Waals surface area (Å²) in [6, 6.07) is 14.6. The SMILES string of the molecule is CCOC1C=Cc2cc(-c3ccc(N)c(C=NC)c3)c(=O)n(-c3ccc(OC(S)S)cc3)c2N1. The van der Waals surface area contributed by atoms with E-state index in [0.29, 0.717) is 35.1 Å². The number of pyridine rings is 1. The Morgan fingerprint density at radius 2 is 1.97 bits per heavy atom. The van der Waals surface area contributed by atoms with Gasteiger partial charge in [0.1, 0.15) is 17.8 Å². The zero-order chi connectivity index (χ0) is 24.2. The number of rotatable bonds is 7. The number of anilines is 2. The summed E-state index contributed by atoms with van der Waals surface area (Å²) in [4.78, 5) is 17.9. The summed E-state index contributed by atoms with van der Waals surface area (Å²) in [6.07, 6.45) is 5.23. The maximum absolute atomic E-state index is 13.9. The average Bonchev–Trinajstić information content (AvgIpc) is 2.81. The lowest BCUT2D eigenvalue weighted by Gasteiger charge is -2.26. The predicted molar refractivity (Wildman–Crippen MR) is 146 cm³/mol. The van der Waals surface area contributed by atoms with Crippen LogP contribution in [-0.4, -0.2) is 35.4 Å². The third-order valence-corrected chi connectivity index (χ3v) is 5.52. The number of hydrogen-bond donors (Lipinski definition) is 4. The molecule has 176 valence electrons. The van der Waals surface area contributed by atoms with E-state index in [1.54, 1.807) is 36.0 Å². The first-order valence-electron chi connectivity index (χ1n) is 10.7. The fourth-order valence-corrected chi connectivity index (χ4v) is 4.05. The third kappa shape index (κ3) is 5.01. The molecule has 3 N–H and O–H groups in total. The van der Waals surface area contributed by atoms with Gasteiger partial charge in [0.15, 0.2) is 4.77 Å². The molecule has 4 rings (SSSR count). The summed E-state index contributed by atoms with van der Waals surface area (Å²) in [5.74, 6) is 1.24. The van der Waals surface area contributed by atoms with E-state index in [4.69, 9.17) is 15.2 Å². The molecule has 0 saturated heterocycles. The van der Waals surface area contributed by atoms with Crippen LogP contribution >= 0.6 is 25.3 Å². The molecule has 1 atom stereocenters. The molecule has 7 nitrogen and oxygen atoms in total. The Labute approximate surface area is 209 Å². The minimum absolute atomic E-state index is 0.184. The first-order valence-corrected chi connectivity index (χ1v) is 11.8. The monoisotopic (exact) mass is 494 g/mol. The van der Waals surface area contributed by atoms with Crippen LogP contribution in [0.2, 0.25) is 0 Å². The maximum atomic E-state index is 13.9. The molecule has 0 bridgehead atoms. The molecule has 0 radical (unpaired) electrons. The Bertz CT molecular complexity index is 1300. The van der Waals surface area contributed by atoms with Crippen molar-refractivity contribution in [1.29, 1.82) is 0 Å². The van der Waals surface area contributed by atoms with Gasteiger partial charge in [0.25, 0.3) is 5.56 Å². The normalized spacial score (nSPS) is 14.9. The van der Waals surface area contributed by atoms with Crippen LogP contribution < -0.4 is 21.3 Å². The van der Waals surface area contributed by atoms with Gasteiger partial charge in [0, 0.05) is 42.2 Å². The molecule has 3 aromatic rings. The number of hydrogen-bond acceptors (Lipinski definition) is 8. The number of aromatic nitrogens is 1. The Hall–Kier alpha value is -3.14. The first kappa shape index (κ1) is 24.0. The van der Waals surface area contributed by atoms with Crippen molar-refractivity contribution in [3.8, 4) is 22.6 Å². The maximum Gasteiger partial charge on any atom is 0.264 e. The number of ether oxygens (including phenoxy) is 2. The molecule has 0 amide bonds. The second-order valence-corrected chi connectivity index (χ2v) is 8.90. The number of nitrogen functional groups attached to an aromatic ring is 1. The van der Waals surface area contributed by atoms with Gasteiger partial charge < -0.3 is 20.5 Å². The van der Waals surface area contributed by atoms with Gasteiger partial charge in [0.2, 0.25) is 0 Å². The highest BCUT2D eigenvalue weighted by molar-refractivity contribution is 7.98. The summed E-state index contributed by atoms with van der Waals surface area (Å²) < 4.78 is 12.3. The number of thiol groups is 2. The minimum Gasteiger partial charge on any atom is -0.470 e. The zero-order valence-electron chi connectivity index (χ0n) is 18.8. The van der Waals surface area contributed by atoms with E-state index in [2.05, 4.69) is 35.6 Å². The van der Waals surface area contributed by atoms with Gasteiger partial charge >= 0.3 is 0 Å². The van der Waals surface area contributed by atoms with E-state index < -0.39 is 4.77 Å². The summed E-state index contributed by atoms with van der Waals surface area (Å²) in [5.41, 5.74) is 10.1. The van der Waals surface area contributed by atoms with Crippen LogP contribution in [0.1, 0.15) is 18.1 Å².